The van der Waals surface area contributed by atoms with E-state index in [9.17, 15) is 0 Å². The molecular formula is C18H28N2O. The monoisotopic (exact) mass is 288 g/mol. The van der Waals surface area contributed by atoms with Crippen molar-refractivity contribution in [2.75, 3.05) is 26.2 Å². The van der Waals surface area contributed by atoms with Gasteiger partial charge < -0.3 is 9.64 Å². The number of nitrogens with zero attached hydrogens (tertiary/aromatic N) is 2. The first-order chi connectivity index (χ1) is 10.3. The highest BCUT2D eigenvalue weighted by Gasteiger charge is 2.04. The van der Waals surface area contributed by atoms with E-state index in [-0.39, 0.29) is 0 Å². The Bertz CT molecular complexity index is 417. The molecule has 0 radical (unpaired) electrons. The number of benzene rings is 1. The fraction of sp³-hybridized carbons (Fsp3) is 0.611. The van der Waals surface area contributed by atoms with Crippen LogP contribution >= 0.6 is 0 Å². The van der Waals surface area contributed by atoms with E-state index in [0.29, 0.717) is 12.2 Å². The Hall–Kier alpha value is -1.53. The molecule has 0 saturated heterocycles. The first-order valence-corrected chi connectivity index (χ1v) is 8.15. The molecule has 3 nitrogen and oxygen atoms in total. The van der Waals surface area contributed by atoms with Gasteiger partial charge in [0, 0.05) is 6.54 Å². The Morgan fingerprint density at radius 2 is 1.71 bits per heavy atom. The molecule has 0 aromatic heterocycles. The van der Waals surface area contributed by atoms with Crippen LogP contribution in [0, 0.1) is 11.3 Å². The summed E-state index contributed by atoms with van der Waals surface area (Å²) in [5, 5.41) is 8.86. The third kappa shape index (κ3) is 7.72. The summed E-state index contributed by atoms with van der Waals surface area (Å²) in [4.78, 5) is 2.54. The van der Waals surface area contributed by atoms with Crippen LogP contribution in [0.25, 0.3) is 0 Å². The molecule has 0 atom stereocenters. The number of nitriles is 1. The van der Waals surface area contributed by atoms with E-state index in [2.05, 4.69) is 24.8 Å². The van der Waals surface area contributed by atoms with Crippen molar-refractivity contribution < 1.29 is 4.74 Å². The van der Waals surface area contributed by atoms with Crippen molar-refractivity contribution in [3.05, 3.63) is 29.8 Å². The second-order valence-electron chi connectivity index (χ2n) is 5.39. The van der Waals surface area contributed by atoms with E-state index >= 15 is 0 Å². The first kappa shape index (κ1) is 17.5. The lowest BCUT2D eigenvalue weighted by Gasteiger charge is -2.21. The molecule has 0 aliphatic carbocycles. The number of ether oxygens (including phenoxy) is 1. The van der Waals surface area contributed by atoms with Gasteiger partial charge in [-0.1, -0.05) is 32.8 Å². The predicted molar refractivity (Wildman–Crippen MR) is 87.5 cm³/mol. The van der Waals surface area contributed by atoms with Crippen LogP contribution in [0.5, 0.6) is 5.75 Å². The Kier molecular flexibility index (Phi) is 9.32. The fourth-order valence-corrected chi connectivity index (χ4v) is 2.23. The van der Waals surface area contributed by atoms with E-state index in [1.165, 1.54) is 38.8 Å². The molecule has 3 heteroatoms. The van der Waals surface area contributed by atoms with Crippen LogP contribution in [-0.4, -0.2) is 31.1 Å². The third-order valence-corrected chi connectivity index (χ3v) is 3.51. The van der Waals surface area contributed by atoms with Crippen LogP contribution in [-0.2, 0) is 0 Å². The van der Waals surface area contributed by atoms with Gasteiger partial charge in [-0.3, -0.25) is 0 Å². The zero-order valence-corrected chi connectivity index (χ0v) is 13.5. The summed E-state index contributed by atoms with van der Waals surface area (Å²) < 4.78 is 5.73. The molecule has 1 aromatic carbocycles. The number of hydrogen-bond acceptors (Lipinski definition) is 3. The molecule has 0 fully saturated rings. The summed E-state index contributed by atoms with van der Waals surface area (Å²) in [5.41, 5.74) is 0.653. The van der Waals surface area contributed by atoms with Crippen LogP contribution in [0.4, 0.5) is 0 Å². The van der Waals surface area contributed by atoms with E-state index in [0.717, 1.165) is 18.7 Å². The lowest BCUT2D eigenvalue weighted by atomic mass is 10.2. The van der Waals surface area contributed by atoms with Crippen LogP contribution in [0.3, 0.4) is 0 Å². The van der Waals surface area contributed by atoms with Crippen LogP contribution in [0.1, 0.15) is 51.5 Å². The number of hydrogen-bond donors (Lipinski definition) is 0. The lowest BCUT2D eigenvalue weighted by molar-refractivity contribution is 0.229. The van der Waals surface area contributed by atoms with Gasteiger partial charge in [0.05, 0.1) is 18.2 Å². The van der Waals surface area contributed by atoms with Crippen molar-refractivity contribution >= 4 is 0 Å². The normalized spacial score (nSPS) is 10.6. The maximum absolute atomic E-state index is 8.86. The minimum absolute atomic E-state index is 0.653. The minimum Gasteiger partial charge on any atom is -0.494 e. The van der Waals surface area contributed by atoms with Crippen molar-refractivity contribution in [2.45, 2.75) is 46.0 Å². The molecule has 0 heterocycles. The molecule has 21 heavy (non-hydrogen) atoms. The third-order valence-electron chi connectivity index (χ3n) is 3.51. The predicted octanol–water partition coefficient (Wildman–Crippen LogP) is 4.23. The molecule has 0 N–H and O–H groups in total. The Balaban J connectivity index is 2.27. The van der Waals surface area contributed by atoms with Crippen LogP contribution in [0.15, 0.2) is 24.3 Å². The van der Waals surface area contributed by atoms with Crippen molar-refractivity contribution in [3.63, 3.8) is 0 Å². The quantitative estimate of drug-likeness (QED) is 0.572. The topological polar surface area (TPSA) is 36.3 Å². The van der Waals surface area contributed by atoms with Crippen molar-refractivity contribution in [1.82, 2.24) is 4.90 Å². The standard InChI is InChI=1S/C18H28N2O/c1-3-5-11-20(12-6-4-2)13-8-14-21-18-10-7-9-17(15-18)16-19/h7,9-10,15H,3-6,8,11-14H2,1-2H3. The summed E-state index contributed by atoms with van der Waals surface area (Å²) in [5.74, 6) is 0.794. The van der Waals surface area contributed by atoms with Gasteiger partial charge in [-0.2, -0.15) is 5.26 Å². The van der Waals surface area contributed by atoms with E-state index < -0.39 is 0 Å². The van der Waals surface area contributed by atoms with Crippen LogP contribution < -0.4 is 4.74 Å². The average Bonchev–Trinajstić information content (AvgIpc) is 2.53. The largest absolute Gasteiger partial charge is 0.494 e. The van der Waals surface area contributed by atoms with Crippen molar-refractivity contribution in [2.24, 2.45) is 0 Å². The van der Waals surface area contributed by atoms with Gasteiger partial charge in [0.25, 0.3) is 0 Å². The van der Waals surface area contributed by atoms with Gasteiger partial charge in [0.1, 0.15) is 5.75 Å². The highest BCUT2D eigenvalue weighted by molar-refractivity contribution is 5.36. The van der Waals surface area contributed by atoms with Gasteiger partial charge in [0.2, 0.25) is 0 Å². The van der Waals surface area contributed by atoms with E-state index in [1.807, 2.05) is 12.1 Å². The Labute approximate surface area is 129 Å². The molecule has 0 amide bonds. The molecule has 0 bridgehead atoms. The average molecular weight is 288 g/mol. The molecule has 0 spiro atoms. The molecule has 0 unspecified atom stereocenters. The summed E-state index contributed by atoms with van der Waals surface area (Å²) in [6.07, 6.45) is 6.08. The molecule has 0 aliphatic heterocycles. The summed E-state index contributed by atoms with van der Waals surface area (Å²) in [6.45, 7) is 8.68. The molecule has 1 aromatic rings. The highest BCUT2D eigenvalue weighted by atomic mass is 16.5. The molecule has 1 rings (SSSR count). The molecule has 0 aliphatic rings. The second-order valence-corrected chi connectivity index (χ2v) is 5.39. The van der Waals surface area contributed by atoms with Crippen molar-refractivity contribution in [1.29, 1.82) is 5.26 Å². The lowest BCUT2D eigenvalue weighted by Crippen LogP contribution is -2.28. The fourth-order valence-electron chi connectivity index (χ4n) is 2.23. The van der Waals surface area contributed by atoms with E-state index in [1.54, 1.807) is 12.1 Å². The van der Waals surface area contributed by atoms with Gasteiger partial charge >= 0.3 is 0 Å². The summed E-state index contributed by atoms with van der Waals surface area (Å²) in [7, 11) is 0. The smallest absolute Gasteiger partial charge is 0.120 e. The summed E-state index contributed by atoms with van der Waals surface area (Å²) in [6, 6.07) is 9.50. The minimum atomic E-state index is 0.653. The maximum atomic E-state index is 8.86. The van der Waals surface area contributed by atoms with Gasteiger partial charge in [-0.05, 0) is 50.6 Å². The number of rotatable bonds is 11. The molecular weight excluding hydrogens is 260 g/mol. The highest BCUT2D eigenvalue weighted by Crippen LogP contribution is 2.12. The Morgan fingerprint density at radius 3 is 2.33 bits per heavy atom. The van der Waals surface area contributed by atoms with Crippen molar-refractivity contribution in [3.8, 4) is 11.8 Å². The van der Waals surface area contributed by atoms with Crippen LogP contribution in [0.2, 0.25) is 0 Å². The van der Waals surface area contributed by atoms with E-state index in [4.69, 9.17) is 10.00 Å². The number of unbranched alkanes of at least 4 members (excludes halogenated alkanes) is 2. The maximum Gasteiger partial charge on any atom is 0.120 e. The SMILES string of the molecule is CCCCN(CCCC)CCCOc1cccc(C#N)c1. The molecule has 0 saturated carbocycles. The zero-order valence-electron chi connectivity index (χ0n) is 13.5. The Morgan fingerprint density at radius 1 is 1.05 bits per heavy atom. The second kappa shape index (κ2) is 11.2. The first-order valence-electron chi connectivity index (χ1n) is 8.15. The van der Waals surface area contributed by atoms with Gasteiger partial charge in [0.15, 0.2) is 0 Å². The van der Waals surface area contributed by atoms with Gasteiger partial charge in [-0.15, -0.1) is 0 Å². The summed E-state index contributed by atoms with van der Waals surface area (Å²) >= 11 is 0. The van der Waals surface area contributed by atoms with Gasteiger partial charge in [-0.25, -0.2) is 0 Å². The zero-order chi connectivity index (χ0) is 15.3. The molecule has 116 valence electrons.